The Kier molecular flexibility index (Phi) is 4.57. The molecule has 1 N–H and O–H groups in total. The van der Waals surface area contributed by atoms with E-state index in [1.807, 2.05) is 12.1 Å². The number of β-amino-alcohol motifs (C(OH)–C–C–N with tert-alkyl or cyclic N) is 1. The van der Waals surface area contributed by atoms with Crippen molar-refractivity contribution in [1.82, 2.24) is 9.78 Å². The third-order valence-corrected chi connectivity index (χ3v) is 4.12. The molecule has 1 aromatic heterocycles. The van der Waals surface area contributed by atoms with Crippen LogP contribution in [0.5, 0.6) is 0 Å². The lowest BCUT2D eigenvalue weighted by atomic mass is 10.1. The van der Waals surface area contributed by atoms with Gasteiger partial charge in [-0.05, 0) is 30.9 Å². The summed E-state index contributed by atoms with van der Waals surface area (Å²) in [6.45, 7) is 1.64. The second kappa shape index (κ2) is 6.78. The molecule has 1 aliphatic rings. The maximum atomic E-state index is 10.7. The predicted molar refractivity (Wildman–Crippen MR) is 86.5 cm³/mol. The van der Waals surface area contributed by atoms with Crippen LogP contribution >= 0.6 is 0 Å². The number of fused-ring (bicyclic) bond motifs is 1. The van der Waals surface area contributed by atoms with Crippen LogP contribution in [0.4, 0.5) is 11.4 Å². The number of aliphatic hydroxyl groups is 1. The number of aryl methyl sites for hydroxylation is 1. The van der Waals surface area contributed by atoms with Gasteiger partial charge in [-0.1, -0.05) is 18.2 Å². The fraction of sp³-hybridized carbons (Fsp3) is 0.438. The van der Waals surface area contributed by atoms with Crippen LogP contribution in [0.3, 0.4) is 0 Å². The van der Waals surface area contributed by atoms with Crippen LogP contribution in [0.25, 0.3) is 0 Å². The molecular weight excluding hydrogens is 296 g/mol. The number of hydrogen-bond acceptors (Lipinski definition) is 5. The van der Waals surface area contributed by atoms with Gasteiger partial charge < -0.3 is 10.0 Å². The maximum Gasteiger partial charge on any atom is 0.306 e. The van der Waals surface area contributed by atoms with Gasteiger partial charge in [0.05, 0.1) is 17.6 Å². The van der Waals surface area contributed by atoms with Crippen LogP contribution in [-0.2, 0) is 13.0 Å². The minimum atomic E-state index is -0.638. The first-order chi connectivity index (χ1) is 11.1. The Morgan fingerprint density at radius 3 is 2.91 bits per heavy atom. The van der Waals surface area contributed by atoms with E-state index in [2.05, 4.69) is 22.1 Å². The van der Waals surface area contributed by atoms with Crippen LogP contribution in [0.1, 0.15) is 18.4 Å². The highest BCUT2D eigenvalue weighted by molar-refractivity contribution is 5.54. The van der Waals surface area contributed by atoms with E-state index in [0.29, 0.717) is 6.54 Å². The number of nitro groups is 1. The summed E-state index contributed by atoms with van der Waals surface area (Å²) in [7, 11) is 0. The van der Waals surface area contributed by atoms with E-state index < -0.39 is 11.0 Å². The zero-order valence-corrected chi connectivity index (χ0v) is 12.8. The van der Waals surface area contributed by atoms with Gasteiger partial charge in [-0.25, -0.2) is 0 Å². The van der Waals surface area contributed by atoms with E-state index in [1.165, 1.54) is 28.3 Å². The maximum absolute atomic E-state index is 10.7. The molecule has 23 heavy (non-hydrogen) atoms. The molecule has 0 saturated heterocycles. The Balaban J connectivity index is 1.67. The van der Waals surface area contributed by atoms with Gasteiger partial charge in [-0.3, -0.25) is 14.8 Å². The summed E-state index contributed by atoms with van der Waals surface area (Å²) in [4.78, 5) is 12.4. The second-order valence-electron chi connectivity index (χ2n) is 5.86. The molecule has 0 saturated carbocycles. The number of aliphatic hydroxyl groups excluding tert-OH is 1. The van der Waals surface area contributed by atoms with Crippen molar-refractivity contribution in [3.05, 3.63) is 52.3 Å². The molecule has 0 fully saturated rings. The molecule has 2 heterocycles. The number of hydrogen-bond donors (Lipinski definition) is 1. The van der Waals surface area contributed by atoms with Crippen molar-refractivity contribution in [2.24, 2.45) is 0 Å². The van der Waals surface area contributed by atoms with Crippen LogP contribution in [-0.4, -0.2) is 39.0 Å². The Morgan fingerprint density at radius 2 is 2.13 bits per heavy atom. The molecule has 0 amide bonds. The number of rotatable bonds is 5. The van der Waals surface area contributed by atoms with Crippen molar-refractivity contribution < 1.29 is 10.0 Å². The van der Waals surface area contributed by atoms with Crippen LogP contribution in [0, 0.1) is 10.1 Å². The van der Waals surface area contributed by atoms with Gasteiger partial charge in [0.2, 0.25) is 0 Å². The molecule has 3 rings (SSSR count). The van der Waals surface area contributed by atoms with Gasteiger partial charge in [-0.15, -0.1) is 0 Å². The standard InChI is InChI=1S/C16H20N4O3/c21-15(12-19-10-14(9-17-19)20(22)23)11-18-8-4-3-6-13-5-1-2-7-16(13)18/h1-2,5,7,9-10,15,21H,3-4,6,8,11-12H2/t15-/m0/s1. The summed E-state index contributed by atoms with van der Waals surface area (Å²) in [6.07, 6.45) is 5.21. The van der Waals surface area contributed by atoms with Crippen molar-refractivity contribution >= 4 is 11.4 Å². The normalized spacial score (nSPS) is 15.8. The van der Waals surface area contributed by atoms with Crippen LogP contribution < -0.4 is 4.90 Å². The summed E-state index contributed by atoms with van der Waals surface area (Å²) >= 11 is 0. The third kappa shape index (κ3) is 3.68. The van der Waals surface area contributed by atoms with Crippen LogP contribution in [0.15, 0.2) is 36.7 Å². The Morgan fingerprint density at radius 1 is 1.30 bits per heavy atom. The quantitative estimate of drug-likeness (QED) is 0.673. The molecule has 0 spiro atoms. The SMILES string of the molecule is O=[N+]([O-])c1cnn(C[C@@H](O)CN2CCCCc3ccccc32)c1. The number of nitrogens with zero attached hydrogens (tertiary/aromatic N) is 4. The van der Waals surface area contributed by atoms with Crippen molar-refractivity contribution in [3.8, 4) is 0 Å². The highest BCUT2D eigenvalue weighted by Gasteiger charge is 2.19. The number of aromatic nitrogens is 2. The molecule has 7 nitrogen and oxygen atoms in total. The Bertz CT molecular complexity index is 685. The molecule has 1 aromatic carbocycles. The minimum Gasteiger partial charge on any atom is -0.389 e. The molecule has 0 unspecified atom stereocenters. The first-order valence-corrected chi connectivity index (χ1v) is 7.81. The van der Waals surface area contributed by atoms with E-state index in [0.717, 1.165) is 25.8 Å². The fourth-order valence-corrected chi connectivity index (χ4v) is 3.03. The molecular formula is C16H20N4O3. The number of benzene rings is 1. The fourth-order valence-electron chi connectivity index (χ4n) is 3.03. The molecule has 1 aliphatic heterocycles. The van der Waals surface area contributed by atoms with Crippen molar-refractivity contribution in [2.45, 2.75) is 31.9 Å². The number of anilines is 1. The predicted octanol–water partition coefficient (Wildman–Crippen LogP) is 2.00. The van der Waals surface area contributed by atoms with Crippen molar-refractivity contribution in [2.75, 3.05) is 18.0 Å². The molecule has 7 heteroatoms. The minimum absolute atomic E-state index is 0.0580. The van der Waals surface area contributed by atoms with E-state index in [4.69, 9.17) is 0 Å². The Hall–Kier alpha value is -2.41. The van der Waals surface area contributed by atoms with Crippen molar-refractivity contribution in [1.29, 1.82) is 0 Å². The van der Waals surface area contributed by atoms with E-state index >= 15 is 0 Å². The monoisotopic (exact) mass is 316 g/mol. The number of para-hydroxylation sites is 1. The summed E-state index contributed by atoms with van der Waals surface area (Å²) in [5.41, 5.74) is 2.43. The van der Waals surface area contributed by atoms with Crippen molar-refractivity contribution in [3.63, 3.8) is 0 Å². The molecule has 1 atom stereocenters. The molecule has 122 valence electrons. The highest BCUT2D eigenvalue weighted by Crippen LogP contribution is 2.26. The summed E-state index contributed by atoms with van der Waals surface area (Å²) in [5.74, 6) is 0. The molecule has 0 bridgehead atoms. The van der Waals surface area contributed by atoms with Gasteiger partial charge in [-0.2, -0.15) is 5.10 Å². The second-order valence-corrected chi connectivity index (χ2v) is 5.86. The lowest BCUT2D eigenvalue weighted by Crippen LogP contribution is -2.35. The topological polar surface area (TPSA) is 84.4 Å². The summed E-state index contributed by atoms with van der Waals surface area (Å²) in [6, 6.07) is 8.28. The largest absolute Gasteiger partial charge is 0.389 e. The Labute approximate surface area is 134 Å². The third-order valence-electron chi connectivity index (χ3n) is 4.12. The van der Waals surface area contributed by atoms with Gasteiger partial charge in [0.1, 0.15) is 12.4 Å². The first-order valence-electron chi connectivity index (χ1n) is 7.81. The van der Waals surface area contributed by atoms with E-state index in [1.54, 1.807) is 0 Å². The smallest absolute Gasteiger partial charge is 0.306 e. The molecule has 0 radical (unpaired) electrons. The van der Waals surface area contributed by atoms with Gasteiger partial charge >= 0.3 is 5.69 Å². The zero-order chi connectivity index (χ0) is 16.2. The summed E-state index contributed by atoms with van der Waals surface area (Å²) < 4.78 is 1.42. The lowest BCUT2D eigenvalue weighted by Gasteiger charge is -2.27. The zero-order valence-electron chi connectivity index (χ0n) is 12.8. The first kappa shape index (κ1) is 15.5. The van der Waals surface area contributed by atoms with Gasteiger partial charge in [0, 0.05) is 18.8 Å². The lowest BCUT2D eigenvalue weighted by molar-refractivity contribution is -0.385. The molecule has 2 aromatic rings. The average Bonchev–Trinajstić information content (AvgIpc) is 2.90. The van der Waals surface area contributed by atoms with Gasteiger partial charge in [0.25, 0.3) is 0 Å². The van der Waals surface area contributed by atoms with Crippen LogP contribution in [0.2, 0.25) is 0 Å². The average molecular weight is 316 g/mol. The summed E-state index contributed by atoms with van der Waals surface area (Å²) in [5, 5.41) is 25.0. The van der Waals surface area contributed by atoms with E-state index in [-0.39, 0.29) is 12.2 Å². The van der Waals surface area contributed by atoms with E-state index in [9.17, 15) is 15.2 Å². The highest BCUT2D eigenvalue weighted by atomic mass is 16.6. The molecule has 0 aliphatic carbocycles. The van der Waals surface area contributed by atoms with Gasteiger partial charge in [0.15, 0.2) is 0 Å².